The van der Waals surface area contributed by atoms with Crippen LogP contribution in [-0.4, -0.2) is 17.3 Å². The average molecular weight is 211 g/mol. The van der Waals surface area contributed by atoms with Crippen LogP contribution >= 0.6 is 11.6 Å². The van der Waals surface area contributed by atoms with Crippen molar-refractivity contribution in [2.24, 2.45) is 0 Å². The fourth-order valence-electron chi connectivity index (χ4n) is 1.53. The normalized spacial score (nSPS) is 16.7. The predicted molar refractivity (Wildman–Crippen MR) is 57.8 cm³/mol. The van der Waals surface area contributed by atoms with Crippen molar-refractivity contribution in [3.63, 3.8) is 0 Å². The Morgan fingerprint density at radius 1 is 1.36 bits per heavy atom. The molecule has 74 valence electrons. The molecule has 1 aromatic carbocycles. The van der Waals surface area contributed by atoms with E-state index in [1.54, 1.807) is 0 Å². The van der Waals surface area contributed by atoms with Gasteiger partial charge in [0.2, 0.25) is 0 Å². The Morgan fingerprint density at radius 2 is 1.86 bits per heavy atom. The van der Waals surface area contributed by atoms with Crippen molar-refractivity contribution in [2.45, 2.75) is 12.6 Å². The van der Waals surface area contributed by atoms with E-state index >= 15 is 0 Å². The number of anilines is 2. The molecule has 0 aliphatic carbocycles. The molecular formula is C10H11ClN2O. The summed E-state index contributed by atoms with van der Waals surface area (Å²) in [4.78, 5) is 11.5. The number of Topliss-reactive ketones (excluding diaryl/α,β-unsaturated/α-hetero) is 1. The van der Waals surface area contributed by atoms with Crippen LogP contribution < -0.4 is 10.6 Å². The topological polar surface area (TPSA) is 41.1 Å². The monoisotopic (exact) mass is 210 g/mol. The highest BCUT2D eigenvalue weighted by Gasteiger charge is 2.39. The fourth-order valence-corrected chi connectivity index (χ4v) is 1.85. The summed E-state index contributed by atoms with van der Waals surface area (Å²) in [6.45, 7) is 1.52. The van der Waals surface area contributed by atoms with Gasteiger partial charge in [-0.3, -0.25) is 4.79 Å². The van der Waals surface area contributed by atoms with Gasteiger partial charge in [-0.1, -0.05) is 12.1 Å². The molecule has 0 unspecified atom stereocenters. The Kier molecular flexibility index (Phi) is 2.11. The summed E-state index contributed by atoms with van der Waals surface area (Å²) >= 11 is 5.80. The molecule has 0 radical (unpaired) electrons. The van der Waals surface area contributed by atoms with E-state index in [1.165, 1.54) is 6.92 Å². The first-order valence-electron chi connectivity index (χ1n) is 4.40. The van der Waals surface area contributed by atoms with E-state index in [0.29, 0.717) is 0 Å². The highest BCUT2D eigenvalue weighted by molar-refractivity contribution is 6.22. The summed E-state index contributed by atoms with van der Waals surface area (Å²) < 4.78 is 0. The number of rotatable bonds is 2. The molecule has 14 heavy (non-hydrogen) atoms. The van der Waals surface area contributed by atoms with E-state index in [2.05, 4.69) is 10.6 Å². The first kappa shape index (κ1) is 9.34. The summed E-state index contributed by atoms with van der Waals surface area (Å²) in [5.74, 6) is 0.195. The molecule has 0 saturated heterocycles. The van der Waals surface area contributed by atoms with Gasteiger partial charge >= 0.3 is 0 Å². The third-order valence-corrected chi connectivity index (χ3v) is 2.83. The zero-order valence-electron chi connectivity index (χ0n) is 7.80. The second kappa shape index (κ2) is 3.17. The number of halogens is 1. The molecule has 2 rings (SSSR count). The van der Waals surface area contributed by atoms with Crippen LogP contribution in [0.1, 0.15) is 6.92 Å². The van der Waals surface area contributed by atoms with E-state index in [4.69, 9.17) is 11.6 Å². The lowest BCUT2D eigenvalue weighted by Gasteiger charge is -2.24. The molecule has 2 N–H and O–H groups in total. The van der Waals surface area contributed by atoms with Gasteiger partial charge in [-0.2, -0.15) is 0 Å². The van der Waals surface area contributed by atoms with Crippen LogP contribution in [0.25, 0.3) is 0 Å². The zero-order chi connectivity index (χ0) is 10.2. The van der Waals surface area contributed by atoms with E-state index < -0.39 is 5.66 Å². The van der Waals surface area contributed by atoms with Crippen LogP contribution in [0.5, 0.6) is 0 Å². The SMILES string of the molecule is CC(=O)C1(CCl)Nc2ccccc2N1. The lowest BCUT2D eigenvalue weighted by Crippen LogP contribution is -2.50. The van der Waals surface area contributed by atoms with Gasteiger partial charge in [-0.25, -0.2) is 0 Å². The number of para-hydroxylation sites is 2. The number of nitrogens with one attached hydrogen (secondary N) is 2. The molecule has 0 saturated carbocycles. The molecule has 0 aromatic heterocycles. The van der Waals surface area contributed by atoms with Gasteiger partial charge in [0.1, 0.15) is 0 Å². The standard InChI is InChI=1S/C10H11ClN2O/c1-7(14)10(6-11)12-8-4-2-3-5-9(8)13-10/h2-5,12-13H,6H2,1H3. The number of ketones is 1. The van der Waals surface area contributed by atoms with Crippen molar-refractivity contribution in [2.75, 3.05) is 16.5 Å². The van der Waals surface area contributed by atoms with Gasteiger partial charge in [0.15, 0.2) is 11.4 Å². The van der Waals surface area contributed by atoms with E-state index in [0.717, 1.165) is 11.4 Å². The molecule has 1 aromatic rings. The molecule has 4 heteroatoms. The van der Waals surface area contributed by atoms with Gasteiger partial charge in [0.05, 0.1) is 17.3 Å². The maximum absolute atomic E-state index is 11.5. The van der Waals surface area contributed by atoms with Gasteiger partial charge < -0.3 is 10.6 Å². The number of hydrogen-bond acceptors (Lipinski definition) is 3. The Hall–Kier alpha value is -1.22. The lowest BCUT2D eigenvalue weighted by atomic mass is 10.1. The Labute approximate surface area is 87.4 Å². The summed E-state index contributed by atoms with van der Waals surface area (Å²) in [6, 6.07) is 7.66. The minimum atomic E-state index is -0.828. The molecule has 3 nitrogen and oxygen atoms in total. The van der Waals surface area contributed by atoms with Crippen molar-refractivity contribution in [3.8, 4) is 0 Å². The zero-order valence-corrected chi connectivity index (χ0v) is 8.56. The highest BCUT2D eigenvalue weighted by Crippen LogP contribution is 2.34. The Balaban J connectivity index is 2.37. The lowest BCUT2D eigenvalue weighted by molar-refractivity contribution is -0.119. The minimum Gasteiger partial charge on any atom is -0.354 e. The van der Waals surface area contributed by atoms with Gasteiger partial charge in [-0.05, 0) is 19.1 Å². The van der Waals surface area contributed by atoms with Gasteiger partial charge in [0, 0.05) is 0 Å². The van der Waals surface area contributed by atoms with Crippen molar-refractivity contribution >= 4 is 28.8 Å². The average Bonchev–Trinajstić information content (AvgIpc) is 2.57. The number of benzene rings is 1. The van der Waals surface area contributed by atoms with Crippen LogP contribution in [0, 0.1) is 0 Å². The van der Waals surface area contributed by atoms with Crippen molar-refractivity contribution in [1.82, 2.24) is 0 Å². The van der Waals surface area contributed by atoms with E-state index in [9.17, 15) is 4.79 Å². The van der Waals surface area contributed by atoms with Crippen molar-refractivity contribution in [3.05, 3.63) is 24.3 Å². The molecule has 1 aliphatic rings. The number of alkyl halides is 1. The van der Waals surface area contributed by atoms with Crippen LogP contribution in [0.15, 0.2) is 24.3 Å². The van der Waals surface area contributed by atoms with Crippen LogP contribution in [-0.2, 0) is 4.79 Å². The molecule has 0 fully saturated rings. The quantitative estimate of drug-likeness (QED) is 0.735. The van der Waals surface area contributed by atoms with E-state index in [-0.39, 0.29) is 11.7 Å². The summed E-state index contributed by atoms with van der Waals surface area (Å²) in [5, 5.41) is 6.21. The molecule has 0 spiro atoms. The fraction of sp³-hybridized carbons (Fsp3) is 0.300. The number of carbonyl (C=O) groups is 1. The van der Waals surface area contributed by atoms with Crippen LogP contribution in [0.2, 0.25) is 0 Å². The predicted octanol–water partition coefficient (Wildman–Crippen LogP) is 2.05. The summed E-state index contributed by atoms with van der Waals surface area (Å²) in [7, 11) is 0. The first-order chi connectivity index (χ1) is 6.68. The number of fused-ring (bicyclic) bond motifs is 1. The molecule has 0 amide bonds. The van der Waals surface area contributed by atoms with Crippen molar-refractivity contribution in [1.29, 1.82) is 0 Å². The first-order valence-corrected chi connectivity index (χ1v) is 4.94. The maximum Gasteiger partial charge on any atom is 0.182 e. The largest absolute Gasteiger partial charge is 0.354 e. The van der Waals surface area contributed by atoms with E-state index in [1.807, 2.05) is 24.3 Å². The van der Waals surface area contributed by atoms with Gasteiger partial charge in [0.25, 0.3) is 0 Å². The third kappa shape index (κ3) is 1.24. The summed E-state index contributed by atoms with van der Waals surface area (Å²) in [5.41, 5.74) is 1.01. The Bertz CT molecular complexity index is 353. The molecular weight excluding hydrogens is 200 g/mol. The second-order valence-corrected chi connectivity index (χ2v) is 3.66. The molecule has 0 atom stereocenters. The summed E-state index contributed by atoms with van der Waals surface area (Å²) in [6.07, 6.45) is 0. The molecule has 1 heterocycles. The molecule has 0 bridgehead atoms. The number of hydrogen-bond donors (Lipinski definition) is 2. The molecule has 1 aliphatic heterocycles. The van der Waals surface area contributed by atoms with Crippen LogP contribution in [0.4, 0.5) is 11.4 Å². The van der Waals surface area contributed by atoms with Crippen LogP contribution in [0.3, 0.4) is 0 Å². The number of carbonyl (C=O) groups excluding carboxylic acids is 1. The Morgan fingerprint density at radius 3 is 2.21 bits per heavy atom. The highest BCUT2D eigenvalue weighted by atomic mass is 35.5. The van der Waals surface area contributed by atoms with Crippen molar-refractivity contribution < 1.29 is 4.79 Å². The second-order valence-electron chi connectivity index (χ2n) is 3.39. The third-order valence-electron chi connectivity index (χ3n) is 2.42. The van der Waals surface area contributed by atoms with Gasteiger partial charge in [-0.15, -0.1) is 11.6 Å². The minimum absolute atomic E-state index is 0.0105. The smallest absolute Gasteiger partial charge is 0.182 e. The maximum atomic E-state index is 11.5.